The average Bonchev–Trinajstić information content (AvgIpc) is 2.91. The molecule has 1 saturated heterocycles. The van der Waals surface area contributed by atoms with E-state index in [0.717, 1.165) is 19.6 Å². The van der Waals surface area contributed by atoms with E-state index in [1.165, 1.54) is 29.7 Å². The van der Waals surface area contributed by atoms with Gasteiger partial charge in [0.15, 0.2) is 0 Å². The van der Waals surface area contributed by atoms with Crippen LogP contribution in [0.3, 0.4) is 0 Å². The van der Waals surface area contributed by atoms with Crippen LogP contribution < -0.4 is 5.32 Å². The van der Waals surface area contributed by atoms with Gasteiger partial charge in [0.25, 0.3) is 0 Å². The van der Waals surface area contributed by atoms with E-state index in [-0.39, 0.29) is 0 Å². The summed E-state index contributed by atoms with van der Waals surface area (Å²) in [7, 11) is 0. The zero-order chi connectivity index (χ0) is 13.1. The fourth-order valence-electron chi connectivity index (χ4n) is 2.89. The molecule has 1 aromatic heterocycles. The first-order valence-electron chi connectivity index (χ1n) is 7.10. The summed E-state index contributed by atoms with van der Waals surface area (Å²) in [5.41, 5.74) is 4.13. The molecule has 0 bridgehead atoms. The van der Waals surface area contributed by atoms with Gasteiger partial charge in [-0.05, 0) is 44.0 Å². The zero-order valence-electron chi connectivity index (χ0n) is 11.5. The van der Waals surface area contributed by atoms with Crippen LogP contribution in [0.2, 0.25) is 0 Å². The normalized spacial score (nSPS) is 16.7. The van der Waals surface area contributed by atoms with Crippen LogP contribution in [0.5, 0.6) is 0 Å². The summed E-state index contributed by atoms with van der Waals surface area (Å²) >= 11 is 0. The molecule has 3 nitrogen and oxygen atoms in total. The Labute approximate surface area is 114 Å². The van der Waals surface area contributed by atoms with Gasteiger partial charge in [-0.15, -0.1) is 0 Å². The van der Waals surface area contributed by atoms with Crippen molar-refractivity contribution in [1.29, 1.82) is 0 Å². The number of benzene rings is 1. The smallest absolute Gasteiger partial charge is 0.0951 e. The fraction of sp³-hybridized carbons (Fsp3) is 0.438. The highest BCUT2D eigenvalue weighted by Gasteiger charge is 2.18. The molecule has 1 aliphatic heterocycles. The van der Waals surface area contributed by atoms with Gasteiger partial charge in [-0.3, -0.25) is 0 Å². The summed E-state index contributed by atoms with van der Waals surface area (Å²) < 4.78 is 2.32. The van der Waals surface area contributed by atoms with Gasteiger partial charge in [0, 0.05) is 24.4 Å². The van der Waals surface area contributed by atoms with Crippen LogP contribution in [0.25, 0.3) is 0 Å². The highest BCUT2D eigenvalue weighted by Crippen LogP contribution is 2.25. The lowest BCUT2D eigenvalue weighted by Crippen LogP contribution is -2.27. The second kappa shape index (κ2) is 5.57. The molecular weight excluding hydrogens is 234 g/mol. The number of nitrogens with zero attached hydrogens (tertiary/aromatic N) is 2. The first kappa shape index (κ1) is 12.4. The molecule has 3 rings (SSSR count). The van der Waals surface area contributed by atoms with Crippen molar-refractivity contribution in [1.82, 2.24) is 14.9 Å². The summed E-state index contributed by atoms with van der Waals surface area (Å²) in [5.74, 6) is 0.660. The quantitative estimate of drug-likeness (QED) is 0.914. The Morgan fingerprint density at radius 2 is 2.05 bits per heavy atom. The minimum atomic E-state index is 0.660. The Morgan fingerprint density at radius 1 is 1.26 bits per heavy atom. The number of aryl methyl sites for hydroxylation is 1. The molecule has 1 aliphatic rings. The largest absolute Gasteiger partial charge is 0.330 e. The average molecular weight is 255 g/mol. The molecule has 1 N–H and O–H groups in total. The van der Waals surface area contributed by atoms with Gasteiger partial charge in [-0.2, -0.15) is 0 Å². The first-order valence-corrected chi connectivity index (χ1v) is 7.10. The number of nitrogens with one attached hydrogen (secondary N) is 1. The molecule has 19 heavy (non-hydrogen) atoms. The number of rotatable bonds is 3. The van der Waals surface area contributed by atoms with E-state index in [1.807, 2.05) is 12.5 Å². The lowest BCUT2D eigenvalue weighted by molar-refractivity contribution is 0.442. The summed E-state index contributed by atoms with van der Waals surface area (Å²) in [6, 6.07) is 8.60. The van der Waals surface area contributed by atoms with Gasteiger partial charge in [-0.1, -0.05) is 24.3 Å². The highest BCUT2D eigenvalue weighted by molar-refractivity contribution is 5.26. The molecule has 0 radical (unpaired) electrons. The predicted molar refractivity (Wildman–Crippen MR) is 77.4 cm³/mol. The van der Waals surface area contributed by atoms with E-state index >= 15 is 0 Å². The van der Waals surface area contributed by atoms with Crippen LogP contribution in [0, 0.1) is 6.92 Å². The summed E-state index contributed by atoms with van der Waals surface area (Å²) in [6.45, 7) is 5.36. The third kappa shape index (κ3) is 2.71. The van der Waals surface area contributed by atoms with Crippen LogP contribution in [0.15, 0.2) is 36.8 Å². The number of hydrogen-bond donors (Lipinski definition) is 1. The molecule has 2 aromatic rings. The van der Waals surface area contributed by atoms with Gasteiger partial charge >= 0.3 is 0 Å². The van der Waals surface area contributed by atoms with Crippen molar-refractivity contribution in [3.63, 3.8) is 0 Å². The molecule has 100 valence electrons. The van der Waals surface area contributed by atoms with Crippen molar-refractivity contribution in [2.75, 3.05) is 13.1 Å². The molecule has 0 aliphatic carbocycles. The predicted octanol–water partition coefficient (Wildman–Crippen LogP) is 2.71. The topological polar surface area (TPSA) is 29.9 Å². The second-order valence-electron chi connectivity index (χ2n) is 5.40. The zero-order valence-corrected chi connectivity index (χ0v) is 11.5. The van der Waals surface area contributed by atoms with Crippen LogP contribution in [0.4, 0.5) is 0 Å². The molecule has 0 saturated carbocycles. The Kier molecular flexibility index (Phi) is 3.65. The Bertz CT molecular complexity index is 538. The molecule has 2 heterocycles. The SMILES string of the molecule is Cc1ccccc1Cn1cncc1C1CCNCC1. The van der Waals surface area contributed by atoms with Crippen molar-refractivity contribution < 1.29 is 0 Å². The van der Waals surface area contributed by atoms with Crippen LogP contribution in [0.1, 0.15) is 35.6 Å². The van der Waals surface area contributed by atoms with E-state index in [9.17, 15) is 0 Å². The van der Waals surface area contributed by atoms with Crippen LogP contribution in [-0.4, -0.2) is 22.6 Å². The van der Waals surface area contributed by atoms with Gasteiger partial charge in [-0.25, -0.2) is 4.98 Å². The Morgan fingerprint density at radius 3 is 2.84 bits per heavy atom. The molecule has 0 unspecified atom stereocenters. The molecule has 1 fully saturated rings. The van der Waals surface area contributed by atoms with Gasteiger partial charge in [0.1, 0.15) is 0 Å². The van der Waals surface area contributed by atoms with E-state index in [1.54, 1.807) is 0 Å². The minimum Gasteiger partial charge on any atom is -0.330 e. The van der Waals surface area contributed by atoms with E-state index in [2.05, 4.69) is 46.1 Å². The summed E-state index contributed by atoms with van der Waals surface area (Å²) in [5, 5.41) is 3.43. The molecule has 0 atom stereocenters. The first-order chi connectivity index (χ1) is 9.34. The third-order valence-corrected chi connectivity index (χ3v) is 4.10. The van der Waals surface area contributed by atoms with Gasteiger partial charge in [0.05, 0.1) is 6.33 Å². The Hall–Kier alpha value is -1.61. The van der Waals surface area contributed by atoms with Gasteiger partial charge in [0.2, 0.25) is 0 Å². The summed E-state index contributed by atoms with van der Waals surface area (Å²) in [6.07, 6.45) is 6.47. The summed E-state index contributed by atoms with van der Waals surface area (Å²) in [4.78, 5) is 4.37. The Balaban J connectivity index is 1.82. The number of imidazole rings is 1. The number of aromatic nitrogens is 2. The van der Waals surface area contributed by atoms with Crippen LogP contribution in [-0.2, 0) is 6.54 Å². The lowest BCUT2D eigenvalue weighted by atomic mass is 9.95. The monoisotopic (exact) mass is 255 g/mol. The molecule has 3 heteroatoms. The van der Waals surface area contributed by atoms with Crippen molar-refractivity contribution in [3.8, 4) is 0 Å². The van der Waals surface area contributed by atoms with Crippen molar-refractivity contribution >= 4 is 0 Å². The molecule has 0 spiro atoms. The van der Waals surface area contributed by atoms with Gasteiger partial charge < -0.3 is 9.88 Å². The number of hydrogen-bond acceptors (Lipinski definition) is 2. The lowest BCUT2D eigenvalue weighted by Gasteiger charge is -2.24. The second-order valence-corrected chi connectivity index (χ2v) is 5.40. The third-order valence-electron chi connectivity index (χ3n) is 4.10. The van der Waals surface area contributed by atoms with E-state index < -0.39 is 0 Å². The van der Waals surface area contributed by atoms with Crippen molar-refractivity contribution in [2.45, 2.75) is 32.2 Å². The van der Waals surface area contributed by atoms with E-state index in [0.29, 0.717) is 5.92 Å². The minimum absolute atomic E-state index is 0.660. The maximum absolute atomic E-state index is 4.37. The van der Waals surface area contributed by atoms with Crippen LogP contribution >= 0.6 is 0 Å². The number of piperidine rings is 1. The molecule has 1 aromatic carbocycles. The van der Waals surface area contributed by atoms with Crippen molar-refractivity contribution in [3.05, 3.63) is 53.6 Å². The molecular formula is C16H21N3. The van der Waals surface area contributed by atoms with E-state index in [4.69, 9.17) is 0 Å². The standard InChI is InChI=1S/C16H21N3/c1-13-4-2-3-5-15(13)11-19-12-18-10-16(19)14-6-8-17-9-7-14/h2-5,10,12,14,17H,6-9,11H2,1H3. The highest BCUT2D eigenvalue weighted by atomic mass is 15.0. The maximum atomic E-state index is 4.37. The fourth-order valence-corrected chi connectivity index (χ4v) is 2.89. The van der Waals surface area contributed by atoms with Crippen molar-refractivity contribution in [2.24, 2.45) is 0 Å². The maximum Gasteiger partial charge on any atom is 0.0951 e. The molecule has 0 amide bonds.